The van der Waals surface area contributed by atoms with Crippen molar-refractivity contribution in [1.29, 1.82) is 0 Å². The average Bonchev–Trinajstić information content (AvgIpc) is 2.66. The third kappa shape index (κ3) is 4.54. The third-order valence-corrected chi connectivity index (χ3v) is 4.36. The van der Waals surface area contributed by atoms with Crippen molar-refractivity contribution < 1.29 is 22.7 Å². The summed E-state index contributed by atoms with van der Waals surface area (Å²) in [6, 6.07) is 3.30. The number of alkyl halides is 3. The molecule has 0 aromatic carbocycles. The van der Waals surface area contributed by atoms with Crippen molar-refractivity contribution >= 4 is 40.0 Å². The SMILES string of the molecule is COc1ncc(NC(=O)Nc2cnc3ccc(Cl)nc3c2C(C)C)cc1C(F)(F)F. The summed E-state index contributed by atoms with van der Waals surface area (Å²) >= 11 is 5.99. The van der Waals surface area contributed by atoms with E-state index >= 15 is 0 Å². The Kier molecular flexibility index (Phi) is 5.97. The molecule has 3 rings (SSSR count). The van der Waals surface area contributed by atoms with Gasteiger partial charge in [-0.05, 0) is 24.1 Å². The van der Waals surface area contributed by atoms with Gasteiger partial charge in [0.25, 0.3) is 0 Å². The molecule has 0 atom stereocenters. The third-order valence-electron chi connectivity index (χ3n) is 4.15. The Morgan fingerprint density at radius 1 is 1.17 bits per heavy atom. The molecule has 0 saturated carbocycles. The predicted molar refractivity (Wildman–Crippen MR) is 107 cm³/mol. The number of carbonyl (C=O) groups is 1. The van der Waals surface area contributed by atoms with Crippen molar-refractivity contribution in [3.8, 4) is 5.88 Å². The molecule has 0 aliphatic carbocycles. The molecule has 3 aromatic rings. The van der Waals surface area contributed by atoms with Gasteiger partial charge in [0.2, 0.25) is 5.88 Å². The zero-order valence-corrected chi connectivity index (χ0v) is 16.9. The van der Waals surface area contributed by atoms with Gasteiger partial charge >= 0.3 is 12.2 Å². The van der Waals surface area contributed by atoms with Gasteiger partial charge in [-0.2, -0.15) is 13.2 Å². The second-order valence-corrected chi connectivity index (χ2v) is 6.99. The fourth-order valence-corrected chi connectivity index (χ4v) is 3.06. The number of fused-ring (bicyclic) bond motifs is 1. The van der Waals surface area contributed by atoms with Crippen molar-refractivity contribution in [3.63, 3.8) is 0 Å². The maximum absolute atomic E-state index is 13.1. The van der Waals surface area contributed by atoms with Crippen LogP contribution in [0.1, 0.15) is 30.9 Å². The number of nitrogens with one attached hydrogen (secondary N) is 2. The van der Waals surface area contributed by atoms with E-state index in [4.69, 9.17) is 11.6 Å². The van der Waals surface area contributed by atoms with Crippen molar-refractivity contribution in [2.24, 2.45) is 0 Å². The maximum Gasteiger partial charge on any atom is 0.421 e. The number of hydrogen-bond donors (Lipinski definition) is 2. The van der Waals surface area contributed by atoms with Gasteiger partial charge in [-0.3, -0.25) is 4.98 Å². The van der Waals surface area contributed by atoms with E-state index in [0.29, 0.717) is 22.3 Å². The predicted octanol–water partition coefficient (Wildman–Crippen LogP) is 5.47. The van der Waals surface area contributed by atoms with Crippen LogP contribution in [0, 0.1) is 0 Å². The van der Waals surface area contributed by atoms with Crippen LogP contribution in [-0.2, 0) is 6.18 Å². The lowest BCUT2D eigenvalue weighted by Gasteiger charge is -2.17. The Morgan fingerprint density at radius 2 is 1.90 bits per heavy atom. The van der Waals surface area contributed by atoms with Crippen molar-refractivity contribution in [3.05, 3.63) is 46.9 Å². The topological polar surface area (TPSA) is 89.0 Å². The quantitative estimate of drug-likeness (QED) is 0.526. The number of urea groups is 1. The molecule has 11 heteroatoms. The summed E-state index contributed by atoms with van der Waals surface area (Å²) < 4.78 is 44.1. The largest absolute Gasteiger partial charge is 0.481 e. The highest BCUT2D eigenvalue weighted by molar-refractivity contribution is 6.29. The number of halogens is 4. The van der Waals surface area contributed by atoms with Crippen LogP contribution in [0.4, 0.5) is 29.3 Å². The minimum atomic E-state index is -4.69. The molecule has 0 fully saturated rings. The van der Waals surface area contributed by atoms with Gasteiger partial charge < -0.3 is 15.4 Å². The van der Waals surface area contributed by atoms with E-state index in [0.717, 1.165) is 19.4 Å². The molecule has 0 aliphatic rings. The molecule has 30 heavy (non-hydrogen) atoms. The van der Waals surface area contributed by atoms with Crippen LogP contribution in [0.15, 0.2) is 30.6 Å². The minimum Gasteiger partial charge on any atom is -0.481 e. The van der Waals surface area contributed by atoms with Crippen molar-refractivity contribution in [1.82, 2.24) is 15.0 Å². The Bertz CT molecular complexity index is 1110. The monoisotopic (exact) mass is 439 g/mol. The molecular formula is C19H17ClF3N5O2. The van der Waals surface area contributed by atoms with Gasteiger partial charge in [-0.15, -0.1) is 0 Å². The molecular weight excluding hydrogens is 423 g/mol. The highest BCUT2D eigenvalue weighted by atomic mass is 35.5. The van der Waals surface area contributed by atoms with Crippen LogP contribution in [0.2, 0.25) is 5.15 Å². The number of methoxy groups -OCH3 is 1. The summed E-state index contributed by atoms with van der Waals surface area (Å²) in [5.74, 6) is -0.631. The number of carbonyl (C=O) groups excluding carboxylic acids is 1. The Balaban J connectivity index is 1.90. The fraction of sp³-hybridized carbons (Fsp3) is 0.263. The molecule has 3 aromatic heterocycles. The average molecular weight is 440 g/mol. The number of rotatable bonds is 4. The number of ether oxygens (including phenoxy) is 1. The first-order chi connectivity index (χ1) is 14.1. The van der Waals surface area contributed by atoms with Crippen LogP contribution in [-0.4, -0.2) is 28.1 Å². The highest BCUT2D eigenvalue weighted by Crippen LogP contribution is 2.36. The second-order valence-electron chi connectivity index (χ2n) is 6.60. The lowest BCUT2D eigenvalue weighted by Crippen LogP contribution is -2.21. The van der Waals surface area contributed by atoms with E-state index < -0.39 is 23.7 Å². The number of aromatic nitrogens is 3. The van der Waals surface area contributed by atoms with E-state index in [1.165, 1.54) is 6.20 Å². The zero-order valence-electron chi connectivity index (χ0n) is 16.1. The summed E-state index contributed by atoms with van der Waals surface area (Å²) in [7, 11) is 1.08. The molecule has 2 amide bonds. The van der Waals surface area contributed by atoms with E-state index in [1.54, 1.807) is 12.1 Å². The molecule has 2 N–H and O–H groups in total. The number of hydrogen-bond acceptors (Lipinski definition) is 5. The minimum absolute atomic E-state index is 0.0451. The fourth-order valence-electron chi connectivity index (χ4n) is 2.92. The Morgan fingerprint density at radius 3 is 2.53 bits per heavy atom. The van der Waals surface area contributed by atoms with E-state index in [1.807, 2.05) is 13.8 Å². The van der Waals surface area contributed by atoms with Gasteiger partial charge in [-0.25, -0.2) is 14.8 Å². The standard InChI is InChI=1S/C19H17ClF3N5O2/c1-9(2)15-13(8-24-12-4-5-14(20)28-16(12)15)27-18(29)26-10-6-11(19(21,22)23)17(30-3)25-7-10/h4-9H,1-3H3,(H2,26,27,29). The number of anilines is 2. The van der Waals surface area contributed by atoms with E-state index in [-0.39, 0.29) is 16.8 Å². The first kappa shape index (κ1) is 21.6. The van der Waals surface area contributed by atoms with Crippen molar-refractivity contribution in [2.45, 2.75) is 25.9 Å². The molecule has 0 unspecified atom stereocenters. The Hall–Kier alpha value is -3.14. The molecule has 0 saturated heterocycles. The highest BCUT2D eigenvalue weighted by Gasteiger charge is 2.35. The summed E-state index contributed by atoms with van der Waals surface area (Å²) in [6.07, 6.45) is -2.16. The normalized spacial score (nSPS) is 11.6. The maximum atomic E-state index is 13.1. The molecule has 0 radical (unpaired) electrons. The van der Waals surface area contributed by atoms with Crippen molar-refractivity contribution in [2.75, 3.05) is 17.7 Å². The molecule has 0 bridgehead atoms. The van der Waals surface area contributed by atoms with Gasteiger partial charge in [0.15, 0.2) is 0 Å². The molecule has 0 aliphatic heterocycles. The number of pyridine rings is 3. The van der Waals surface area contributed by atoms with Crippen LogP contribution >= 0.6 is 11.6 Å². The molecule has 0 spiro atoms. The second kappa shape index (κ2) is 8.31. The first-order valence-corrected chi connectivity index (χ1v) is 9.12. The summed E-state index contributed by atoms with van der Waals surface area (Å²) in [4.78, 5) is 24.6. The lowest BCUT2D eigenvalue weighted by atomic mass is 10.0. The van der Waals surface area contributed by atoms with Crippen LogP contribution in [0.3, 0.4) is 0 Å². The molecule has 7 nitrogen and oxygen atoms in total. The lowest BCUT2D eigenvalue weighted by molar-refractivity contribution is -0.139. The van der Waals surface area contributed by atoms with Gasteiger partial charge in [0.1, 0.15) is 10.7 Å². The zero-order chi connectivity index (χ0) is 22.1. The molecule has 158 valence electrons. The van der Waals surface area contributed by atoms with Gasteiger partial charge in [-0.1, -0.05) is 25.4 Å². The summed E-state index contributed by atoms with van der Waals surface area (Å²) in [5.41, 5.74) is 0.936. The summed E-state index contributed by atoms with van der Waals surface area (Å²) in [5, 5.41) is 5.22. The number of amides is 2. The Labute approximate surface area is 174 Å². The number of nitrogens with zero attached hydrogens (tertiary/aromatic N) is 3. The first-order valence-electron chi connectivity index (χ1n) is 8.74. The van der Waals surface area contributed by atoms with E-state index in [9.17, 15) is 18.0 Å². The van der Waals surface area contributed by atoms with Gasteiger partial charge in [0.05, 0.1) is 41.9 Å². The van der Waals surface area contributed by atoms with E-state index in [2.05, 4.69) is 30.3 Å². The molecule has 3 heterocycles. The van der Waals surface area contributed by atoms with Gasteiger partial charge in [0, 0.05) is 5.56 Å². The summed E-state index contributed by atoms with van der Waals surface area (Å²) in [6.45, 7) is 3.81. The van der Waals surface area contributed by atoms with Crippen LogP contribution in [0.5, 0.6) is 5.88 Å². The smallest absolute Gasteiger partial charge is 0.421 e. The van der Waals surface area contributed by atoms with Crippen LogP contribution in [0.25, 0.3) is 11.0 Å². The van der Waals surface area contributed by atoms with Crippen LogP contribution < -0.4 is 15.4 Å².